The molecule has 0 aliphatic carbocycles. The van der Waals surface area contributed by atoms with Crippen LogP contribution in [0.4, 0.5) is 23.9 Å². The van der Waals surface area contributed by atoms with Gasteiger partial charge in [0.1, 0.15) is 4.88 Å². The number of rotatable bonds is 6. The van der Waals surface area contributed by atoms with Crippen molar-refractivity contribution >= 4 is 33.8 Å². The van der Waals surface area contributed by atoms with Crippen molar-refractivity contribution in [3.63, 3.8) is 0 Å². The Labute approximate surface area is 174 Å². The number of benzene rings is 1. The van der Waals surface area contributed by atoms with E-state index in [4.69, 9.17) is 5.73 Å². The molecule has 2 heterocycles. The summed E-state index contributed by atoms with van der Waals surface area (Å²) in [5.74, 6) is -2.58. The van der Waals surface area contributed by atoms with Gasteiger partial charge in [-0.2, -0.15) is 13.2 Å². The van der Waals surface area contributed by atoms with Crippen molar-refractivity contribution in [2.75, 3.05) is 37.2 Å². The van der Waals surface area contributed by atoms with Crippen molar-refractivity contribution in [3.05, 3.63) is 46.3 Å². The van der Waals surface area contributed by atoms with Crippen molar-refractivity contribution in [3.8, 4) is 0 Å². The zero-order valence-corrected chi connectivity index (χ0v) is 16.9. The highest BCUT2D eigenvalue weighted by Gasteiger charge is 2.44. The number of nitrogens with two attached hydrogens (primary N) is 1. The molecule has 0 amide bonds. The maximum absolute atomic E-state index is 12.9. The largest absolute Gasteiger partial charge is 0.492 e. The number of nitrogen functional groups attached to an aromatic ring is 1. The molecule has 162 valence electrons. The second-order valence-corrected chi connectivity index (χ2v) is 7.57. The number of nitrogens with zero attached hydrogens (tertiary/aromatic N) is 1. The summed E-state index contributed by atoms with van der Waals surface area (Å²) in [5.41, 5.74) is 7.35. The van der Waals surface area contributed by atoms with Gasteiger partial charge in [-0.05, 0) is 6.92 Å². The minimum Gasteiger partial charge on any atom is -0.397 e. The summed E-state index contributed by atoms with van der Waals surface area (Å²) in [5, 5.41) is 7.70. The molecule has 4 N–H and O–H groups in total. The number of nitrogens with one attached hydrogen (secondary N) is 2. The van der Waals surface area contributed by atoms with Crippen LogP contribution in [0.15, 0.2) is 30.3 Å². The van der Waals surface area contributed by atoms with Crippen molar-refractivity contribution in [1.29, 1.82) is 0 Å². The average molecular weight is 442 g/mol. The molecule has 1 aromatic heterocycles. The first kappa shape index (κ1) is 22.1. The Hall–Kier alpha value is -2.63. The number of hydroxylamine groups is 2. The summed E-state index contributed by atoms with van der Waals surface area (Å²) < 4.78 is 38.1. The van der Waals surface area contributed by atoms with Gasteiger partial charge in [0.25, 0.3) is 0 Å². The number of thiophene rings is 1. The quantitative estimate of drug-likeness (QED) is 0.592. The minimum atomic E-state index is -5.12. The number of piperazine rings is 1. The number of carbonyl (C=O) groups excluding carboxylic acids is 2. The Bertz CT molecular complexity index is 918. The highest BCUT2D eigenvalue weighted by atomic mass is 32.1. The molecule has 1 fully saturated rings. The average Bonchev–Trinajstić information content (AvgIpc) is 3.04. The summed E-state index contributed by atoms with van der Waals surface area (Å²) in [4.78, 5) is 29.3. The molecule has 1 aliphatic rings. The Morgan fingerprint density at radius 3 is 2.67 bits per heavy atom. The SMILES string of the molecule is CCNc1sc(C(=O)c2ccccc2)c(N)c1C1CNCCN1OC(=O)C(F)(F)F. The lowest BCUT2D eigenvalue weighted by Crippen LogP contribution is -2.48. The zero-order valence-electron chi connectivity index (χ0n) is 16.1. The van der Waals surface area contributed by atoms with Gasteiger partial charge in [0, 0.05) is 37.3 Å². The van der Waals surface area contributed by atoms with Gasteiger partial charge >= 0.3 is 12.1 Å². The maximum atomic E-state index is 12.9. The summed E-state index contributed by atoms with van der Waals surface area (Å²) in [6, 6.07) is 7.78. The third-order valence-corrected chi connectivity index (χ3v) is 5.70. The molecule has 3 rings (SSSR count). The van der Waals surface area contributed by atoms with Crippen LogP contribution in [0.2, 0.25) is 0 Å². The van der Waals surface area contributed by atoms with E-state index in [1.165, 1.54) is 0 Å². The third-order valence-electron chi connectivity index (χ3n) is 4.52. The second-order valence-electron chi connectivity index (χ2n) is 6.55. The van der Waals surface area contributed by atoms with Crippen LogP contribution in [-0.4, -0.2) is 49.2 Å². The first-order valence-electron chi connectivity index (χ1n) is 9.26. The lowest BCUT2D eigenvalue weighted by Gasteiger charge is -2.35. The smallest absolute Gasteiger partial charge is 0.397 e. The molecule has 1 atom stereocenters. The molecule has 0 bridgehead atoms. The minimum absolute atomic E-state index is 0.0370. The van der Waals surface area contributed by atoms with E-state index in [1.807, 2.05) is 6.92 Å². The summed E-state index contributed by atoms with van der Waals surface area (Å²) in [6.45, 7) is 2.92. The topological polar surface area (TPSA) is 96.7 Å². The number of hydrogen-bond donors (Lipinski definition) is 3. The zero-order chi connectivity index (χ0) is 21.9. The molecular formula is C19H21F3N4O3S. The van der Waals surface area contributed by atoms with E-state index in [2.05, 4.69) is 15.5 Å². The fourth-order valence-corrected chi connectivity index (χ4v) is 4.37. The molecule has 0 radical (unpaired) electrons. The molecular weight excluding hydrogens is 421 g/mol. The van der Waals surface area contributed by atoms with E-state index in [1.54, 1.807) is 30.3 Å². The summed E-state index contributed by atoms with van der Waals surface area (Å²) >= 11 is 1.13. The van der Waals surface area contributed by atoms with Gasteiger partial charge in [-0.15, -0.1) is 16.4 Å². The molecule has 0 saturated carbocycles. The number of carbonyl (C=O) groups is 2. The van der Waals surface area contributed by atoms with E-state index in [0.29, 0.717) is 29.2 Å². The van der Waals surface area contributed by atoms with Crippen molar-refractivity contribution < 1.29 is 27.6 Å². The fourth-order valence-electron chi connectivity index (χ4n) is 3.17. The molecule has 1 aliphatic heterocycles. The Morgan fingerprint density at radius 2 is 2.03 bits per heavy atom. The van der Waals surface area contributed by atoms with Crippen molar-refractivity contribution in [2.45, 2.75) is 19.1 Å². The molecule has 1 unspecified atom stereocenters. The number of ketones is 1. The molecule has 30 heavy (non-hydrogen) atoms. The van der Waals surface area contributed by atoms with Crippen LogP contribution < -0.4 is 16.4 Å². The fraction of sp³-hybridized carbons (Fsp3) is 0.368. The van der Waals surface area contributed by atoms with Gasteiger partial charge in [-0.25, -0.2) is 4.79 Å². The summed E-state index contributed by atoms with van der Waals surface area (Å²) in [7, 11) is 0. The van der Waals surface area contributed by atoms with E-state index in [9.17, 15) is 22.8 Å². The van der Waals surface area contributed by atoms with Gasteiger partial charge in [0.15, 0.2) is 0 Å². The van der Waals surface area contributed by atoms with Gasteiger partial charge in [-0.3, -0.25) is 4.79 Å². The first-order valence-corrected chi connectivity index (χ1v) is 10.1. The van der Waals surface area contributed by atoms with Crippen molar-refractivity contribution in [2.24, 2.45) is 0 Å². The van der Waals surface area contributed by atoms with Gasteiger partial charge in [0.2, 0.25) is 5.78 Å². The Morgan fingerprint density at radius 1 is 1.33 bits per heavy atom. The predicted molar refractivity (Wildman–Crippen MR) is 107 cm³/mol. The van der Waals surface area contributed by atoms with Crippen LogP contribution in [0.5, 0.6) is 0 Å². The normalized spacial score (nSPS) is 17.5. The van der Waals surface area contributed by atoms with Crippen molar-refractivity contribution in [1.82, 2.24) is 10.4 Å². The highest BCUT2D eigenvalue weighted by molar-refractivity contribution is 7.19. The van der Waals surface area contributed by atoms with E-state index in [0.717, 1.165) is 16.4 Å². The second kappa shape index (κ2) is 9.02. The molecule has 0 spiro atoms. The molecule has 2 aromatic rings. The molecule has 7 nitrogen and oxygen atoms in total. The van der Waals surface area contributed by atoms with Crippen LogP contribution in [0.3, 0.4) is 0 Å². The van der Waals surface area contributed by atoms with Crippen LogP contribution in [0.1, 0.15) is 33.8 Å². The molecule has 1 saturated heterocycles. The number of anilines is 2. The van der Waals surface area contributed by atoms with Crippen LogP contribution >= 0.6 is 11.3 Å². The van der Waals surface area contributed by atoms with Gasteiger partial charge < -0.3 is 21.2 Å². The number of halogens is 3. The monoisotopic (exact) mass is 442 g/mol. The lowest BCUT2D eigenvalue weighted by atomic mass is 10.0. The van der Waals surface area contributed by atoms with E-state index >= 15 is 0 Å². The van der Waals surface area contributed by atoms with E-state index in [-0.39, 0.29) is 29.4 Å². The first-order chi connectivity index (χ1) is 14.2. The van der Waals surface area contributed by atoms with Gasteiger partial charge in [-0.1, -0.05) is 30.3 Å². The number of hydrogen-bond acceptors (Lipinski definition) is 8. The Kier molecular flexibility index (Phi) is 6.64. The van der Waals surface area contributed by atoms with Crippen LogP contribution in [0, 0.1) is 0 Å². The van der Waals surface area contributed by atoms with E-state index < -0.39 is 18.2 Å². The standard InChI is InChI=1S/C19H21F3N4O3S/c1-2-25-17-13(12-10-24-8-9-26(12)29-18(28)19(20,21)22)14(23)16(30-17)15(27)11-6-4-3-5-7-11/h3-7,12,24-25H,2,8-10,23H2,1H3. The third kappa shape index (κ3) is 4.58. The molecule has 11 heteroatoms. The van der Waals surface area contributed by atoms with Crippen LogP contribution in [-0.2, 0) is 9.63 Å². The number of alkyl halides is 3. The molecule has 1 aromatic carbocycles. The lowest BCUT2D eigenvalue weighted by molar-refractivity contribution is -0.249. The van der Waals surface area contributed by atoms with Gasteiger partial charge in [0.05, 0.1) is 16.7 Å². The maximum Gasteiger partial charge on any atom is 0.492 e. The van der Waals surface area contributed by atoms with Crippen LogP contribution in [0.25, 0.3) is 0 Å². The summed E-state index contributed by atoms with van der Waals surface area (Å²) in [6.07, 6.45) is -5.12. The Balaban J connectivity index is 1.99. The predicted octanol–water partition coefficient (Wildman–Crippen LogP) is 2.96. The highest BCUT2D eigenvalue weighted by Crippen LogP contribution is 2.43.